The summed E-state index contributed by atoms with van der Waals surface area (Å²) in [7, 11) is 0. The Balaban J connectivity index is 0.00000102. The van der Waals surface area contributed by atoms with E-state index in [2.05, 4.69) is 27.7 Å². The van der Waals surface area contributed by atoms with E-state index < -0.39 is 0 Å². The molecule has 2 bridgehead atoms. The van der Waals surface area contributed by atoms with Crippen LogP contribution in [0.1, 0.15) is 86.5 Å². The van der Waals surface area contributed by atoms with E-state index in [0.717, 1.165) is 32.1 Å². The molecule has 3 heterocycles. The Morgan fingerprint density at radius 1 is 0.963 bits per heavy atom. The maximum atomic E-state index is 13.2. The zero-order chi connectivity index (χ0) is 19.8. The average Bonchev–Trinajstić information content (AvgIpc) is 3.43. The lowest BCUT2D eigenvalue weighted by Gasteiger charge is -2.36. The molecule has 3 aliphatic heterocycles. The van der Waals surface area contributed by atoms with Gasteiger partial charge in [-0.05, 0) is 50.9 Å². The average molecular weight is 381 g/mol. The van der Waals surface area contributed by atoms with Gasteiger partial charge in [0.25, 0.3) is 0 Å². The molecule has 0 aromatic heterocycles. The second-order valence-electron chi connectivity index (χ2n) is 8.80. The standard InChI is InChI=1S/C21H34O4.C2H6/c1-5-13-16-17(14(6-2)23-13)19-15(12(4)18(16)24-19)20(22)25-21(7-3)10-8-9-11-21;1-2/h12-19H,5-11H2,1-4H3;1-2H3. The van der Waals surface area contributed by atoms with Crippen LogP contribution in [0.25, 0.3) is 0 Å². The Hall–Kier alpha value is -0.610. The summed E-state index contributed by atoms with van der Waals surface area (Å²) in [4.78, 5) is 13.2. The van der Waals surface area contributed by atoms with Gasteiger partial charge in [-0.15, -0.1) is 0 Å². The van der Waals surface area contributed by atoms with E-state index in [1.807, 2.05) is 13.8 Å². The molecule has 8 atom stereocenters. The van der Waals surface area contributed by atoms with Crippen molar-refractivity contribution in [3.05, 3.63) is 0 Å². The van der Waals surface area contributed by atoms with Crippen molar-refractivity contribution in [1.29, 1.82) is 0 Å². The zero-order valence-electron chi connectivity index (χ0n) is 18.2. The molecule has 0 radical (unpaired) electrons. The van der Waals surface area contributed by atoms with E-state index in [-0.39, 0.29) is 41.7 Å². The van der Waals surface area contributed by atoms with Crippen molar-refractivity contribution in [2.75, 3.05) is 0 Å². The number of ether oxygens (including phenoxy) is 3. The van der Waals surface area contributed by atoms with Crippen LogP contribution in [0, 0.1) is 23.7 Å². The Morgan fingerprint density at radius 3 is 2.04 bits per heavy atom. The molecular weight excluding hydrogens is 340 g/mol. The number of esters is 1. The first-order valence-electron chi connectivity index (χ1n) is 11.6. The molecule has 4 nitrogen and oxygen atoms in total. The lowest BCUT2D eigenvalue weighted by atomic mass is 9.66. The fourth-order valence-corrected chi connectivity index (χ4v) is 6.34. The van der Waals surface area contributed by atoms with Crippen LogP contribution >= 0.6 is 0 Å². The molecule has 156 valence electrons. The normalized spacial score (nSPS) is 43.9. The van der Waals surface area contributed by atoms with Gasteiger partial charge < -0.3 is 14.2 Å². The summed E-state index contributed by atoms with van der Waals surface area (Å²) >= 11 is 0. The van der Waals surface area contributed by atoms with Crippen molar-refractivity contribution in [2.45, 2.75) is 117 Å². The predicted octanol–water partition coefficient (Wildman–Crippen LogP) is 5.13. The summed E-state index contributed by atoms with van der Waals surface area (Å²) in [5, 5.41) is 0. The SMILES string of the molecule is CC.CCC1OC(CC)C2C3OC(C(C)C3C(=O)OC3(CC)CCCC3)C12. The number of fused-ring (bicyclic) bond motifs is 5. The highest BCUT2D eigenvalue weighted by molar-refractivity contribution is 5.75. The van der Waals surface area contributed by atoms with Gasteiger partial charge in [-0.3, -0.25) is 4.79 Å². The van der Waals surface area contributed by atoms with Gasteiger partial charge in [0.1, 0.15) is 5.60 Å². The molecule has 0 aromatic carbocycles. The third-order valence-electron chi connectivity index (χ3n) is 7.72. The molecule has 1 aliphatic carbocycles. The third kappa shape index (κ3) is 3.35. The molecule has 27 heavy (non-hydrogen) atoms. The van der Waals surface area contributed by atoms with E-state index >= 15 is 0 Å². The second-order valence-corrected chi connectivity index (χ2v) is 8.80. The number of carbonyl (C=O) groups is 1. The third-order valence-corrected chi connectivity index (χ3v) is 7.72. The van der Waals surface area contributed by atoms with E-state index in [9.17, 15) is 4.79 Å². The fourth-order valence-electron chi connectivity index (χ4n) is 6.34. The van der Waals surface area contributed by atoms with Gasteiger partial charge in [-0.25, -0.2) is 0 Å². The van der Waals surface area contributed by atoms with Crippen molar-refractivity contribution in [2.24, 2.45) is 23.7 Å². The Bertz CT molecular complexity index is 513. The van der Waals surface area contributed by atoms with Crippen LogP contribution in [0.5, 0.6) is 0 Å². The summed E-state index contributed by atoms with van der Waals surface area (Å²) in [6.45, 7) is 12.7. The molecule has 0 aromatic rings. The van der Waals surface area contributed by atoms with Gasteiger partial charge in [0.15, 0.2) is 0 Å². The van der Waals surface area contributed by atoms with Gasteiger partial charge in [0.05, 0.1) is 30.3 Å². The van der Waals surface area contributed by atoms with Crippen LogP contribution < -0.4 is 0 Å². The quantitative estimate of drug-likeness (QED) is 0.620. The van der Waals surface area contributed by atoms with Gasteiger partial charge in [-0.1, -0.05) is 41.5 Å². The van der Waals surface area contributed by atoms with Crippen LogP contribution in [0.4, 0.5) is 0 Å². The topological polar surface area (TPSA) is 44.8 Å². The Kier molecular flexibility index (Phi) is 6.57. The summed E-state index contributed by atoms with van der Waals surface area (Å²) < 4.78 is 18.9. The first kappa shape index (κ1) is 21.1. The number of hydrogen-bond acceptors (Lipinski definition) is 4. The second kappa shape index (κ2) is 8.41. The zero-order valence-corrected chi connectivity index (χ0v) is 18.2. The predicted molar refractivity (Wildman–Crippen MR) is 106 cm³/mol. The van der Waals surface area contributed by atoms with Crippen molar-refractivity contribution in [1.82, 2.24) is 0 Å². The fraction of sp³-hybridized carbons (Fsp3) is 0.957. The molecule has 1 saturated carbocycles. The highest BCUT2D eigenvalue weighted by Crippen LogP contribution is 2.58. The monoisotopic (exact) mass is 380 g/mol. The molecular formula is C23H40O4. The molecule has 8 unspecified atom stereocenters. The smallest absolute Gasteiger partial charge is 0.312 e. The first-order valence-corrected chi connectivity index (χ1v) is 11.6. The van der Waals surface area contributed by atoms with Crippen molar-refractivity contribution in [3.63, 3.8) is 0 Å². The van der Waals surface area contributed by atoms with Gasteiger partial charge in [0, 0.05) is 11.8 Å². The molecule has 0 spiro atoms. The Morgan fingerprint density at radius 2 is 1.52 bits per heavy atom. The van der Waals surface area contributed by atoms with Crippen LogP contribution in [-0.4, -0.2) is 36.0 Å². The van der Waals surface area contributed by atoms with E-state index in [1.165, 1.54) is 12.8 Å². The van der Waals surface area contributed by atoms with Crippen molar-refractivity contribution in [3.8, 4) is 0 Å². The van der Waals surface area contributed by atoms with Crippen LogP contribution in [0.15, 0.2) is 0 Å². The maximum absolute atomic E-state index is 13.2. The minimum atomic E-state index is -0.208. The minimum absolute atomic E-state index is 0.00278. The molecule has 0 N–H and O–H groups in total. The number of carbonyl (C=O) groups excluding carboxylic acids is 1. The molecule has 0 amide bonds. The molecule has 3 saturated heterocycles. The molecule has 4 fully saturated rings. The summed E-state index contributed by atoms with van der Waals surface area (Å²) in [6.07, 6.45) is 8.05. The minimum Gasteiger partial charge on any atom is -0.459 e. The van der Waals surface area contributed by atoms with E-state index in [4.69, 9.17) is 14.2 Å². The highest BCUT2D eigenvalue weighted by atomic mass is 16.6. The van der Waals surface area contributed by atoms with Crippen LogP contribution in [0.2, 0.25) is 0 Å². The van der Waals surface area contributed by atoms with Gasteiger partial charge >= 0.3 is 5.97 Å². The van der Waals surface area contributed by atoms with E-state index in [0.29, 0.717) is 17.9 Å². The number of hydrogen-bond donors (Lipinski definition) is 0. The molecule has 4 rings (SSSR count). The summed E-state index contributed by atoms with van der Waals surface area (Å²) in [5.41, 5.74) is -0.208. The van der Waals surface area contributed by atoms with Gasteiger partial charge in [0.2, 0.25) is 0 Å². The van der Waals surface area contributed by atoms with Gasteiger partial charge in [-0.2, -0.15) is 0 Å². The van der Waals surface area contributed by atoms with E-state index in [1.54, 1.807) is 0 Å². The summed E-state index contributed by atoms with van der Waals surface area (Å²) in [5.74, 6) is 0.961. The van der Waals surface area contributed by atoms with Crippen molar-refractivity contribution < 1.29 is 19.0 Å². The first-order chi connectivity index (χ1) is 13.0. The summed E-state index contributed by atoms with van der Waals surface area (Å²) in [6, 6.07) is 0. The number of rotatable bonds is 5. The molecule has 4 aliphatic rings. The highest BCUT2D eigenvalue weighted by Gasteiger charge is 2.67. The lowest BCUT2D eigenvalue weighted by Crippen LogP contribution is -2.47. The van der Waals surface area contributed by atoms with Crippen LogP contribution in [0.3, 0.4) is 0 Å². The Labute approximate surface area is 165 Å². The lowest BCUT2D eigenvalue weighted by molar-refractivity contribution is -0.169. The maximum Gasteiger partial charge on any atom is 0.312 e. The largest absolute Gasteiger partial charge is 0.459 e. The van der Waals surface area contributed by atoms with Crippen LogP contribution in [-0.2, 0) is 19.0 Å². The molecule has 4 heteroatoms. The van der Waals surface area contributed by atoms with Crippen molar-refractivity contribution >= 4 is 5.97 Å².